The highest BCUT2D eigenvalue weighted by molar-refractivity contribution is 5.95. The second-order valence-corrected chi connectivity index (χ2v) is 5.35. The number of nitrogens with one attached hydrogen (secondary N) is 2. The number of rotatable bonds is 5. The summed E-state index contributed by atoms with van der Waals surface area (Å²) in [4.78, 5) is 24.6. The number of fused-ring (bicyclic) bond motifs is 1. The first-order valence-corrected chi connectivity index (χ1v) is 7.28. The van der Waals surface area contributed by atoms with Crippen LogP contribution < -0.4 is 15.4 Å². The average Bonchev–Trinajstić information content (AvgIpc) is 2.53. The molecule has 2 aromatic carbocycles. The Hall–Kier alpha value is -2.60. The van der Waals surface area contributed by atoms with Crippen LogP contribution in [0.3, 0.4) is 0 Å². The number of ether oxygens (including phenoxy) is 1. The zero-order valence-corrected chi connectivity index (χ0v) is 13.6. The van der Waals surface area contributed by atoms with E-state index < -0.39 is 6.03 Å². The highest BCUT2D eigenvalue weighted by atomic mass is 16.5. The molecule has 0 radical (unpaired) electrons. The van der Waals surface area contributed by atoms with Crippen molar-refractivity contribution in [3.63, 3.8) is 0 Å². The summed E-state index contributed by atoms with van der Waals surface area (Å²) in [5.41, 5.74) is 1.10. The Morgan fingerprint density at radius 1 is 1.13 bits per heavy atom. The van der Waals surface area contributed by atoms with Gasteiger partial charge in [-0.05, 0) is 41.6 Å². The lowest BCUT2D eigenvalue weighted by Gasteiger charge is -2.16. The van der Waals surface area contributed by atoms with Crippen LogP contribution in [-0.4, -0.2) is 44.6 Å². The Morgan fingerprint density at radius 2 is 1.83 bits per heavy atom. The summed E-state index contributed by atoms with van der Waals surface area (Å²) in [6.07, 6.45) is 0. The summed E-state index contributed by atoms with van der Waals surface area (Å²) < 4.78 is 5.22. The molecule has 3 amide bonds. The normalized spacial score (nSPS) is 10.6. The maximum atomic E-state index is 11.7. The molecule has 0 aliphatic heterocycles. The van der Waals surface area contributed by atoms with Crippen LogP contribution in [0.4, 0.5) is 4.79 Å². The number of carbonyl (C=O) groups is 2. The number of hydrogen-bond acceptors (Lipinski definition) is 4. The SMILES string of the molecule is CNC(=O)NC(=O)CN(C)Cc1ccc2cc(OC)ccc2c1. The van der Waals surface area contributed by atoms with E-state index in [1.54, 1.807) is 7.11 Å². The van der Waals surface area contributed by atoms with E-state index in [1.807, 2.05) is 42.3 Å². The first-order valence-electron chi connectivity index (χ1n) is 7.28. The van der Waals surface area contributed by atoms with E-state index in [4.69, 9.17) is 4.74 Å². The van der Waals surface area contributed by atoms with Crippen molar-refractivity contribution in [1.29, 1.82) is 0 Å². The Morgan fingerprint density at radius 3 is 2.52 bits per heavy atom. The third-order valence-electron chi connectivity index (χ3n) is 3.46. The highest BCUT2D eigenvalue weighted by Gasteiger charge is 2.10. The van der Waals surface area contributed by atoms with Crippen molar-refractivity contribution < 1.29 is 14.3 Å². The van der Waals surface area contributed by atoms with E-state index >= 15 is 0 Å². The molecule has 0 unspecified atom stereocenters. The van der Waals surface area contributed by atoms with E-state index in [9.17, 15) is 9.59 Å². The molecule has 6 nitrogen and oxygen atoms in total. The lowest BCUT2D eigenvalue weighted by Crippen LogP contribution is -2.42. The molecule has 122 valence electrons. The molecule has 0 atom stereocenters. The van der Waals surface area contributed by atoms with Gasteiger partial charge in [0, 0.05) is 13.6 Å². The molecule has 2 aromatic rings. The van der Waals surface area contributed by atoms with Gasteiger partial charge in [-0.3, -0.25) is 15.0 Å². The minimum Gasteiger partial charge on any atom is -0.497 e. The van der Waals surface area contributed by atoms with E-state index in [2.05, 4.69) is 16.7 Å². The van der Waals surface area contributed by atoms with Gasteiger partial charge in [0.15, 0.2) is 0 Å². The molecule has 0 bridgehead atoms. The van der Waals surface area contributed by atoms with Crippen molar-refractivity contribution in [1.82, 2.24) is 15.5 Å². The number of imide groups is 1. The summed E-state index contributed by atoms with van der Waals surface area (Å²) in [5, 5.41) is 6.81. The van der Waals surface area contributed by atoms with Crippen LogP contribution in [-0.2, 0) is 11.3 Å². The van der Waals surface area contributed by atoms with Crippen molar-refractivity contribution >= 4 is 22.7 Å². The second kappa shape index (κ2) is 7.60. The van der Waals surface area contributed by atoms with E-state index in [1.165, 1.54) is 7.05 Å². The minimum absolute atomic E-state index is 0.147. The number of hydrogen-bond donors (Lipinski definition) is 2. The molecule has 0 aliphatic carbocycles. The molecule has 0 aromatic heterocycles. The number of carbonyl (C=O) groups excluding carboxylic acids is 2. The molecule has 0 heterocycles. The smallest absolute Gasteiger partial charge is 0.321 e. The summed E-state index contributed by atoms with van der Waals surface area (Å²) in [5.74, 6) is 0.491. The van der Waals surface area contributed by atoms with E-state index in [-0.39, 0.29) is 12.5 Å². The van der Waals surface area contributed by atoms with Gasteiger partial charge in [0.1, 0.15) is 5.75 Å². The maximum Gasteiger partial charge on any atom is 0.321 e. The van der Waals surface area contributed by atoms with Gasteiger partial charge in [-0.2, -0.15) is 0 Å². The predicted octanol–water partition coefficient (Wildman–Crippen LogP) is 1.74. The monoisotopic (exact) mass is 315 g/mol. The van der Waals surface area contributed by atoms with Crippen LogP contribution in [0.5, 0.6) is 5.75 Å². The molecular weight excluding hydrogens is 294 g/mol. The fraction of sp³-hybridized carbons (Fsp3) is 0.294. The molecule has 0 saturated carbocycles. The van der Waals surface area contributed by atoms with Crippen LogP contribution in [0.15, 0.2) is 36.4 Å². The molecule has 0 fully saturated rings. The van der Waals surface area contributed by atoms with Crippen LogP contribution in [0.1, 0.15) is 5.56 Å². The molecule has 0 saturated heterocycles. The maximum absolute atomic E-state index is 11.7. The van der Waals surface area contributed by atoms with Crippen molar-refractivity contribution in [2.45, 2.75) is 6.54 Å². The standard InChI is InChI=1S/C17H21N3O3/c1-18-17(22)19-16(21)11-20(2)10-12-4-5-14-9-15(23-3)7-6-13(14)8-12/h4-9H,10-11H2,1-3H3,(H2,18,19,21,22). The molecular formula is C17H21N3O3. The van der Waals surface area contributed by atoms with Gasteiger partial charge in [-0.25, -0.2) is 4.79 Å². The van der Waals surface area contributed by atoms with Crippen LogP contribution in [0, 0.1) is 0 Å². The van der Waals surface area contributed by atoms with E-state index in [0.717, 1.165) is 22.1 Å². The third-order valence-corrected chi connectivity index (χ3v) is 3.46. The van der Waals surface area contributed by atoms with Crippen molar-refractivity contribution in [3.8, 4) is 5.75 Å². The Balaban J connectivity index is 2.00. The van der Waals surface area contributed by atoms with Crippen molar-refractivity contribution in [2.24, 2.45) is 0 Å². The summed E-state index contributed by atoms with van der Waals surface area (Å²) in [6, 6.07) is 11.6. The number of urea groups is 1. The molecule has 6 heteroatoms. The second-order valence-electron chi connectivity index (χ2n) is 5.35. The largest absolute Gasteiger partial charge is 0.497 e. The van der Waals surface area contributed by atoms with Gasteiger partial charge in [-0.15, -0.1) is 0 Å². The quantitative estimate of drug-likeness (QED) is 0.881. The first-order chi connectivity index (χ1) is 11.0. The number of nitrogens with zero attached hydrogens (tertiary/aromatic N) is 1. The van der Waals surface area contributed by atoms with Crippen molar-refractivity contribution in [3.05, 3.63) is 42.0 Å². The topological polar surface area (TPSA) is 70.7 Å². The fourth-order valence-electron chi connectivity index (χ4n) is 2.34. The lowest BCUT2D eigenvalue weighted by atomic mass is 10.1. The molecule has 2 rings (SSSR count). The van der Waals surface area contributed by atoms with Gasteiger partial charge >= 0.3 is 6.03 Å². The van der Waals surface area contributed by atoms with E-state index in [0.29, 0.717) is 6.54 Å². The number of methoxy groups -OCH3 is 1. The summed E-state index contributed by atoms with van der Waals surface area (Å²) in [6.45, 7) is 0.761. The fourth-order valence-corrected chi connectivity index (χ4v) is 2.34. The number of likely N-dealkylation sites (N-methyl/N-ethyl adjacent to an activating group) is 1. The lowest BCUT2D eigenvalue weighted by molar-refractivity contribution is -0.120. The van der Waals surface area contributed by atoms with Gasteiger partial charge < -0.3 is 10.1 Å². The van der Waals surface area contributed by atoms with Gasteiger partial charge in [0.25, 0.3) is 0 Å². The zero-order valence-electron chi connectivity index (χ0n) is 13.6. The van der Waals surface area contributed by atoms with Crippen LogP contribution in [0.25, 0.3) is 10.8 Å². The Kier molecular flexibility index (Phi) is 5.54. The minimum atomic E-state index is -0.497. The van der Waals surface area contributed by atoms with Gasteiger partial charge in [-0.1, -0.05) is 18.2 Å². The van der Waals surface area contributed by atoms with Gasteiger partial charge in [0.05, 0.1) is 13.7 Å². The highest BCUT2D eigenvalue weighted by Crippen LogP contribution is 2.22. The van der Waals surface area contributed by atoms with Crippen LogP contribution in [0.2, 0.25) is 0 Å². The Bertz CT molecular complexity index is 715. The Labute approximate surface area is 135 Å². The average molecular weight is 315 g/mol. The number of amides is 3. The number of benzene rings is 2. The molecule has 0 aliphatic rings. The molecule has 2 N–H and O–H groups in total. The molecule has 0 spiro atoms. The molecule has 23 heavy (non-hydrogen) atoms. The summed E-state index contributed by atoms with van der Waals surface area (Å²) in [7, 11) is 4.95. The zero-order chi connectivity index (χ0) is 16.8. The summed E-state index contributed by atoms with van der Waals surface area (Å²) >= 11 is 0. The van der Waals surface area contributed by atoms with Gasteiger partial charge in [0.2, 0.25) is 5.91 Å². The van der Waals surface area contributed by atoms with Crippen LogP contribution >= 0.6 is 0 Å². The predicted molar refractivity (Wildman–Crippen MR) is 89.4 cm³/mol. The third kappa shape index (κ3) is 4.69. The first kappa shape index (κ1) is 16.8. The van der Waals surface area contributed by atoms with Crippen molar-refractivity contribution in [2.75, 3.05) is 27.7 Å².